The Morgan fingerprint density at radius 3 is 1.12 bits per heavy atom. The summed E-state index contributed by atoms with van der Waals surface area (Å²) in [5.74, 6) is -0.173. The second-order valence-electron chi connectivity index (χ2n) is 26.7. The van der Waals surface area contributed by atoms with Crippen LogP contribution in [0, 0.1) is 0 Å². The van der Waals surface area contributed by atoms with Crippen molar-refractivity contribution in [3.05, 3.63) is 36.5 Å². The summed E-state index contributed by atoms with van der Waals surface area (Å²) in [6.07, 6.45) is 76.5. The van der Waals surface area contributed by atoms with Crippen LogP contribution in [0.15, 0.2) is 36.5 Å². The summed E-state index contributed by atoms with van der Waals surface area (Å²) in [7, 11) is 0. The van der Waals surface area contributed by atoms with Gasteiger partial charge >= 0.3 is 5.97 Å². The van der Waals surface area contributed by atoms with Crippen molar-refractivity contribution in [3.8, 4) is 0 Å². The molecule has 11 heteroatoms. The van der Waals surface area contributed by atoms with Gasteiger partial charge in [0, 0.05) is 12.8 Å². The third-order valence-corrected chi connectivity index (χ3v) is 18.3. The Kier molecular flexibility index (Phi) is 63.2. The molecule has 518 valence electrons. The lowest BCUT2D eigenvalue weighted by atomic mass is 9.99. The van der Waals surface area contributed by atoms with Gasteiger partial charge in [-0.2, -0.15) is 0 Å². The molecule has 1 amide bonds. The lowest BCUT2D eigenvalue weighted by Gasteiger charge is -2.40. The van der Waals surface area contributed by atoms with Gasteiger partial charge in [-0.3, -0.25) is 9.59 Å². The van der Waals surface area contributed by atoms with Crippen molar-refractivity contribution in [1.29, 1.82) is 0 Å². The number of nitrogens with one attached hydrogen (secondary N) is 1. The Morgan fingerprint density at radius 2 is 0.761 bits per heavy atom. The average molecular weight is 1250 g/mol. The number of unbranched alkanes of at least 4 members (excludes halogenated alkanes) is 51. The third-order valence-electron chi connectivity index (χ3n) is 18.3. The molecular weight excluding hydrogens is 1100 g/mol. The number of aliphatic hydroxyl groups excluding tert-OH is 5. The molecule has 1 aliphatic heterocycles. The van der Waals surface area contributed by atoms with Gasteiger partial charge in [-0.25, -0.2) is 0 Å². The van der Waals surface area contributed by atoms with Gasteiger partial charge < -0.3 is 45.1 Å². The van der Waals surface area contributed by atoms with E-state index in [1.54, 1.807) is 6.08 Å². The Bertz CT molecular complexity index is 1560. The van der Waals surface area contributed by atoms with E-state index < -0.39 is 49.5 Å². The van der Waals surface area contributed by atoms with Crippen LogP contribution >= 0.6 is 0 Å². The van der Waals surface area contributed by atoms with Crippen molar-refractivity contribution >= 4 is 11.9 Å². The van der Waals surface area contributed by atoms with E-state index in [0.29, 0.717) is 19.4 Å². The highest BCUT2D eigenvalue weighted by Gasteiger charge is 2.44. The van der Waals surface area contributed by atoms with E-state index in [0.717, 1.165) is 57.8 Å². The summed E-state index contributed by atoms with van der Waals surface area (Å²) in [5, 5.41) is 54.3. The quantitative estimate of drug-likeness (QED) is 0.0195. The molecule has 0 bridgehead atoms. The molecular formula is C77H145NO10. The highest BCUT2D eigenvalue weighted by atomic mass is 16.7. The van der Waals surface area contributed by atoms with Crippen molar-refractivity contribution < 1.29 is 49.3 Å². The van der Waals surface area contributed by atoms with Gasteiger partial charge in [0.15, 0.2) is 6.29 Å². The highest BCUT2D eigenvalue weighted by Crippen LogP contribution is 2.24. The first-order valence-corrected chi connectivity index (χ1v) is 38.2. The Labute approximate surface area is 543 Å². The van der Waals surface area contributed by atoms with Gasteiger partial charge in [0.2, 0.25) is 5.91 Å². The molecule has 0 aromatic rings. The lowest BCUT2D eigenvalue weighted by Crippen LogP contribution is -2.60. The maximum Gasteiger partial charge on any atom is 0.305 e. The number of aliphatic hydroxyl groups is 5. The molecule has 1 aliphatic rings. The number of amides is 1. The Balaban J connectivity index is 1.84. The first-order chi connectivity index (χ1) is 43.2. The van der Waals surface area contributed by atoms with E-state index in [1.165, 1.54) is 295 Å². The summed E-state index contributed by atoms with van der Waals surface area (Å²) >= 11 is 0. The molecule has 6 N–H and O–H groups in total. The zero-order valence-electron chi connectivity index (χ0n) is 57.7. The van der Waals surface area contributed by atoms with E-state index >= 15 is 0 Å². The van der Waals surface area contributed by atoms with Crippen LogP contribution in [0.1, 0.15) is 380 Å². The van der Waals surface area contributed by atoms with Gasteiger partial charge in [-0.15, -0.1) is 0 Å². The van der Waals surface area contributed by atoms with Gasteiger partial charge in [0.05, 0.1) is 32.0 Å². The molecule has 1 rings (SSSR count). The molecule has 0 saturated carbocycles. The van der Waals surface area contributed by atoms with Crippen LogP contribution in [-0.2, 0) is 23.8 Å². The van der Waals surface area contributed by atoms with Crippen LogP contribution in [0.4, 0.5) is 0 Å². The summed E-state index contributed by atoms with van der Waals surface area (Å²) in [5.41, 5.74) is 0. The van der Waals surface area contributed by atoms with Gasteiger partial charge in [0.25, 0.3) is 0 Å². The number of hydrogen-bond donors (Lipinski definition) is 6. The Morgan fingerprint density at radius 1 is 0.432 bits per heavy atom. The predicted molar refractivity (Wildman–Crippen MR) is 371 cm³/mol. The Hall–Kier alpha value is -2.12. The number of hydrogen-bond acceptors (Lipinski definition) is 10. The average Bonchev–Trinajstić information content (AvgIpc) is 2.69. The molecule has 0 aliphatic carbocycles. The summed E-state index contributed by atoms with van der Waals surface area (Å²) in [4.78, 5) is 25.1. The molecule has 1 fully saturated rings. The zero-order valence-corrected chi connectivity index (χ0v) is 57.7. The fourth-order valence-corrected chi connectivity index (χ4v) is 12.4. The molecule has 7 atom stereocenters. The van der Waals surface area contributed by atoms with E-state index in [1.807, 2.05) is 19.1 Å². The number of carbonyl (C=O) groups excluding carboxylic acids is 2. The summed E-state index contributed by atoms with van der Waals surface area (Å²) in [6.45, 7) is 4.13. The number of allylic oxidation sites excluding steroid dienone is 5. The summed E-state index contributed by atoms with van der Waals surface area (Å²) in [6, 6.07) is -0.828. The topological polar surface area (TPSA) is 175 Å². The first-order valence-electron chi connectivity index (χ1n) is 38.2. The second kappa shape index (κ2) is 66.3. The smallest absolute Gasteiger partial charge is 0.305 e. The number of esters is 1. The van der Waals surface area contributed by atoms with Crippen LogP contribution in [-0.4, -0.2) is 100 Å². The van der Waals surface area contributed by atoms with Crippen molar-refractivity contribution in [2.45, 2.75) is 423 Å². The maximum atomic E-state index is 13.0. The van der Waals surface area contributed by atoms with Gasteiger partial charge in [0.1, 0.15) is 24.4 Å². The number of carbonyl (C=O) groups is 2. The number of rotatable bonds is 68. The van der Waals surface area contributed by atoms with E-state index in [4.69, 9.17) is 14.2 Å². The molecule has 1 saturated heterocycles. The van der Waals surface area contributed by atoms with Crippen molar-refractivity contribution in [2.75, 3.05) is 19.8 Å². The molecule has 88 heavy (non-hydrogen) atoms. The minimum Gasteiger partial charge on any atom is -0.466 e. The minimum atomic E-state index is -1.58. The molecule has 0 aromatic carbocycles. The monoisotopic (exact) mass is 1240 g/mol. The lowest BCUT2D eigenvalue weighted by molar-refractivity contribution is -0.302. The normalized spacial score (nSPS) is 17.9. The van der Waals surface area contributed by atoms with Crippen LogP contribution in [0.3, 0.4) is 0 Å². The molecule has 0 spiro atoms. The largest absolute Gasteiger partial charge is 0.466 e. The highest BCUT2D eigenvalue weighted by molar-refractivity contribution is 5.76. The molecule has 11 nitrogen and oxygen atoms in total. The van der Waals surface area contributed by atoms with E-state index in [9.17, 15) is 35.1 Å². The first kappa shape index (κ1) is 83.9. The van der Waals surface area contributed by atoms with Crippen LogP contribution in [0.25, 0.3) is 0 Å². The summed E-state index contributed by atoms with van der Waals surface area (Å²) < 4.78 is 16.7. The van der Waals surface area contributed by atoms with Crippen molar-refractivity contribution in [3.63, 3.8) is 0 Å². The minimum absolute atomic E-state index is 0.0192. The van der Waals surface area contributed by atoms with Crippen molar-refractivity contribution in [2.24, 2.45) is 0 Å². The van der Waals surface area contributed by atoms with Crippen LogP contribution in [0.2, 0.25) is 0 Å². The van der Waals surface area contributed by atoms with Crippen LogP contribution < -0.4 is 5.32 Å². The molecule has 0 radical (unpaired) electrons. The molecule has 0 aromatic heterocycles. The second-order valence-corrected chi connectivity index (χ2v) is 26.7. The van der Waals surface area contributed by atoms with Crippen molar-refractivity contribution in [1.82, 2.24) is 5.32 Å². The molecule has 1 heterocycles. The maximum absolute atomic E-state index is 13.0. The fraction of sp³-hybridized carbons (Fsp3) is 0.896. The van der Waals surface area contributed by atoms with E-state index in [2.05, 4.69) is 30.5 Å². The SMILES string of the molecule is C/C=C/CC/C=C/CC/C=C/C(O)C(COC1OC(CO)C(O)C(O)C1O)NC(=O)CCCCCCCCCCCCCCCCCCCCCCCCCCCCCCCCCCCCCCCCCOC(=O)CCCCCCCCCCCCCC. The third kappa shape index (κ3) is 54.4. The predicted octanol–water partition coefficient (Wildman–Crippen LogP) is 20.1. The standard InChI is InChI=1S/C77H145NO10/c1-3-5-7-9-11-13-14-45-49-53-57-61-65-73(82)86-66-62-58-54-50-46-43-41-39-37-35-33-31-29-27-25-23-21-19-17-15-16-18-20-22-24-26-28-30-32-34-36-38-40-42-44-48-52-56-60-64-72(81)78-69(70(80)63-59-55-51-47-12-10-8-6-4-2)68-87-77-76(85)75(84)74(83)71(67-79)88-77/h4,6,12,47,59,63,69-71,74-77,79-80,83-85H,3,5,7-11,13-46,48-58,60-62,64-68H2,1-2H3,(H,78,81)/b6-4+,47-12+,63-59+. The zero-order chi connectivity index (χ0) is 63.7. The number of ether oxygens (including phenoxy) is 3. The fourth-order valence-electron chi connectivity index (χ4n) is 12.4. The van der Waals surface area contributed by atoms with Crippen LogP contribution in [0.5, 0.6) is 0 Å². The molecule has 7 unspecified atom stereocenters. The van der Waals surface area contributed by atoms with Gasteiger partial charge in [-0.05, 0) is 51.9 Å². The van der Waals surface area contributed by atoms with Gasteiger partial charge in [-0.1, -0.05) is 352 Å². The van der Waals surface area contributed by atoms with E-state index in [-0.39, 0.29) is 18.5 Å².